The first-order valence-electron chi connectivity index (χ1n) is 10.6. The predicted octanol–water partition coefficient (Wildman–Crippen LogP) is 4.73. The van der Waals surface area contributed by atoms with Crippen molar-refractivity contribution in [3.63, 3.8) is 0 Å². The van der Waals surface area contributed by atoms with E-state index in [0.29, 0.717) is 18.4 Å². The lowest BCUT2D eigenvalue weighted by Gasteiger charge is -2.34. The molecule has 0 radical (unpaired) electrons. The third kappa shape index (κ3) is 4.64. The highest BCUT2D eigenvalue weighted by Crippen LogP contribution is 2.47. The van der Waals surface area contributed by atoms with E-state index in [4.69, 9.17) is 4.74 Å². The van der Waals surface area contributed by atoms with E-state index in [9.17, 15) is 9.59 Å². The fourth-order valence-electron chi connectivity index (χ4n) is 4.40. The smallest absolute Gasteiger partial charge is 0.308 e. The van der Waals surface area contributed by atoms with Crippen LogP contribution in [0.25, 0.3) is 0 Å². The number of hydrogen-bond acceptors (Lipinski definition) is 5. The van der Waals surface area contributed by atoms with Crippen LogP contribution < -0.4 is 4.90 Å². The van der Waals surface area contributed by atoms with Gasteiger partial charge in [-0.1, -0.05) is 49.9 Å². The number of nitrogens with zero attached hydrogens (tertiary/aromatic N) is 2. The van der Waals surface area contributed by atoms with Crippen molar-refractivity contribution in [1.82, 2.24) is 4.90 Å². The summed E-state index contributed by atoms with van der Waals surface area (Å²) in [5.74, 6) is 0.553. The van der Waals surface area contributed by atoms with Crippen LogP contribution in [0.3, 0.4) is 0 Å². The number of carbonyl (C=O) groups is 2. The number of rotatable bonds is 5. The van der Waals surface area contributed by atoms with E-state index >= 15 is 0 Å². The quantitative estimate of drug-likeness (QED) is 0.650. The van der Waals surface area contributed by atoms with Crippen LogP contribution in [0.5, 0.6) is 0 Å². The van der Waals surface area contributed by atoms with Crippen molar-refractivity contribution < 1.29 is 14.3 Å². The zero-order valence-electron chi connectivity index (χ0n) is 17.5. The Morgan fingerprint density at radius 1 is 0.967 bits per heavy atom. The molecule has 2 atom stereocenters. The Kier molecular flexibility index (Phi) is 6.32. The lowest BCUT2D eigenvalue weighted by Crippen LogP contribution is -2.44. The number of para-hydroxylation sites is 2. The zero-order chi connectivity index (χ0) is 21.1. The number of amides is 1. The van der Waals surface area contributed by atoms with Crippen LogP contribution in [-0.2, 0) is 14.3 Å². The van der Waals surface area contributed by atoms with E-state index in [1.54, 1.807) is 11.8 Å². The van der Waals surface area contributed by atoms with E-state index in [0.717, 1.165) is 30.9 Å². The third-order valence-corrected chi connectivity index (χ3v) is 6.78. The molecule has 2 aliphatic rings. The molecule has 2 heterocycles. The molecule has 4 rings (SSSR count). The minimum atomic E-state index is -0.338. The summed E-state index contributed by atoms with van der Waals surface area (Å²) < 4.78 is 5.33. The van der Waals surface area contributed by atoms with Gasteiger partial charge in [0, 0.05) is 29.4 Å². The predicted molar refractivity (Wildman–Crippen MR) is 119 cm³/mol. The summed E-state index contributed by atoms with van der Waals surface area (Å²) >= 11 is 1.74. The second-order valence-electron chi connectivity index (χ2n) is 8.34. The van der Waals surface area contributed by atoms with Gasteiger partial charge < -0.3 is 14.5 Å². The fourth-order valence-corrected chi connectivity index (χ4v) is 5.49. The normalized spacial score (nSPS) is 20.3. The van der Waals surface area contributed by atoms with Crippen LogP contribution in [0, 0.1) is 11.8 Å². The van der Waals surface area contributed by atoms with Crippen molar-refractivity contribution in [1.29, 1.82) is 0 Å². The summed E-state index contributed by atoms with van der Waals surface area (Å²) in [5, 5.41) is 0. The van der Waals surface area contributed by atoms with Crippen LogP contribution in [0.15, 0.2) is 58.3 Å². The minimum absolute atomic E-state index is 0.0909. The first-order valence-corrected chi connectivity index (χ1v) is 11.4. The molecule has 0 aliphatic carbocycles. The molecule has 0 N–H and O–H groups in total. The van der Waals surface area contributed by atoms with Gasteiger partial charge in [0.15, 0.2) is 6.61 Å². The lowest BCUT2D eigenvalue weighted by molar-refractivity contribution is -0.153. The van der Waals surface area contributed by atoms with Gasteiger partial charge in [0.05, 0.1) is 17.8 Å². The van der Waals surface area contributed by atoms with Crippen molar-refractivity contribution in [2.24, 2.45) is 11.8 Å². The van der Waals surface area contributed by atoms with Gasteiger partial charge in [0.2, 0.25) is 0 Å². The molecule has 2 aromatic rings. The van der Waals surface area contributed by atoms with Gasteiger partial charge in [-0.15, -0.1) is 0 Å². The van der Waals surface area contributed by atoms with Crippen molar-refractivity contribution in [3.05, 3.63) is 48.5 Å². The van der Waals surface area contributed by atoms with E-state index in [1.807, 2.05) is 29.2 Å². The SMILES string of the molecule is C[C@H]1C[C@H](C)CN(C(=O)COC(=O)CCN2c3ccccc3Sc3ccccc32)C1. The van der Waals surface area contributed by atoms with Gasteiger partial charge >= 0.3 is 5.97 Å². The summed E-state index contributed by atoms with van der Waals surface area (Å²) in [5.41, 5.74) is 2.20. The van der Waals surface area contributed by atoms with E-state index in [-0.39, 0.29) is 24.9 Å². The molecule has 2 aromatic carbocycles. The maximum Gasteiger partial charge on any atom is 0.308 e. The number of benzene rings is 2. The van der Waals surface area contributed by atoms with Gasteiger partial charge in [-0.3, -0.25) is 9.59 Å². The number of esters is 1. The molecule has 1 saturated heterocycles. The summed E-state index contributed by atoms with van der Waals surface area (Å²) in [7, 11) is 0. The maximum absolute atomic E-state index is 12.5. The number of fused-ring (bicyclic) bond motifs is 2. The highest BCUT2D eigenvalue weighted by atomic mass is 32.2. The standard InChI is InChI=1S/C24H28N2O3S/c1-17-13-18(2)15-25(14-17)23(27)16-29-24(28)11-12-26-19-7-3-5-9-21(19)30-22-10-6-4-8-20(22)26/h3-10,17-18H,11-16H2,1-2H3/t17-,18-/m0/s1. The number of carbonyl (C=O) groups excluding carboxylic acids is 2. The summed E-state index contributed by atoms with van der Waals surface area (Å²) in [6.07, 6.45) is 1.37. The zero-order valence-corrected chi connectivity index (χ0v) is 18.4. The summed E-state index contributed by atoms with van der Waals surface area (Å²) in [6, 6.07) is 16.4. The average molecular weight is 425 g/mol. The number of ether oxygens (including phenoxy) is 1. The second kappa shape index (κ2) is 9.13. The Morgan fingerprint density at radius 3 is 2.13 bits per heavy atom. The van der Waals surface area contributed by atoms with Crippen molar-refractivity contribution in [2.45, 2.75) is 36.5 Å². The Labute approximate surface area is 182 Å². The molecule has 2 aliphatic heterocycles. The summed E-state index contributed by atoms with van der Waals surface area (Å²) in [4.78, 5) is 31.2. The molecule has 1 fully saturated rings. The number of likely N-dealkylation sites (tertiary alicyclic amines) is 1. The maximum atomic E-state index is 12.5. The Balaban J connectivity index is 1.35. The molecule has 0 saturated carbocycles. The van der Waals surface area contributed by atoms with Gasteiger partial charge in [-0.05, 0) is 42.5 Å². The lowest BCUT2D eigenvalue weighted by atomic mass is 9.92. The number of anilines is 2. The van der Waals surface area contributed by atoms with Crippen molar-refractivity contribution >= 4 is 35.0 Å². The highest BCUT2D eigenvalue weighted by Gasteiger charge is 2.27. The van der Waals surface area contributed by atoms with Crippen LogP contribution in [0.2, 0.25) is 0 Å². The summed E-state index contributed by atoms with van der Waals surface area (Å²) in [6.45, 7) is 6.17. The van der Waals surface area contributed by atoms with Gasteiger partial charge in [0.1, 0.15) is 0 Å². The Bertz CT molecular complexity index is 877. The first-order chi connectivity index (χ1) is 14.5. The number of piperidine rings is 1. The first kappa shape index (κ1) is 20.8. The van der Waals surface area contributed by atoms with Gasteiger partial charge in [-0.25, -0.2) is 0 Å². The van der Waals surface area contributed by atoms with Crippen LogP contribution >= 0.6 is 11.8 Å². The molecule has 1 amide bonds. The molecule has 0 bridgehead atoms. The van der Waals surface area contributed by atoms with Crippen LogP contribution in [-0.4, -0.2) is 43.0 Å². The molecule has 6 heteroatoms. The molecule has 0 unspecified atom stereocenters. The Hall–Kier alpha value is -2.47. The van der Waals surface area contributed by atoms with Gasteiger partial charge in [-0.2, -0.15) is 0 Å². The largest absolute Gasteiger partial charge is 0.456 e. The van der Waals surface area contributed by atoms with Crippen LogP contribution in [0.4, 0.5) is 11.4 Å². The average Bonchev–Trinajstić information content (AvgIpc) is 2.74. The van der Waals surface area contributed by atoms with Crippen LogP contribution in [0.1, 0.15) is 26.7 Å². The second-order valence-corrected chi connectivity index (χ2v) is 9.43. The van der Waals surface area contributed by atoms with E-state index in [1.165, 1.54) is 9.79 Å². The van der Waals surface area contributed by atoms with Crippen molar-refractivity contribution in [2.75, 3.05) is 31.1 Å². The Morgan fingerprint density at radius 2 is 1.53 bits per heavy atom. The monoisotopic (exact) mass is 424 g/mol. The molecule has 0 spiro atoms. The molecule has 30 heavy (non-hydrogen) atoms. The molecule has 5 nitrogen and oxygen atoms in total. The number of hydrogen-bond donors (Lipinski definition) is 0. The molecular weight excluding hydrogens is 396 g/mol. The van der Waals surface area contributed by atoms with E-state index < -0.39 is 0 Å². The van der Waals surface area contributed by atoms with Crippen molar-refractivity contribution in [3.8, 4) is 0 Å². The molecule has 158 valence electrons. The molecular formula is C24H28N2O3S. The highest BCUT2D eigenvalue weighted by molar-refractivity contribution is 7.99. The third-order valence-electron chi connectivity index (χ3n) is 5.65. The molecule has 0 aromatic heterocycles. The fraction of sp³-hybridized carbons (Fsp3) is 0.417. The minimum Gasteiger partial charge on any atom is -0.456 e. The van der Waals surface area contributed by atoms with Gasteiger partial charge in [0.25, 0.3) is 5.91 Å². The topological polar surface area (TPSA) is 49.9 Å². The van der Waals surface area contributed by atoms with E-state index in [2.05, 4.69) is 43.0 Å².